The van der Waals surface area contributed by atoms with Gasteiger partial charge in [0.05, 0.1) is 12.7 Å². The number of halogens is 1. The largest absolute Gasteiger partial charge is 0.374 e. The average Bonchev–Trinajstić information content (AvgIpc) is 2.39. The van der Waals surface area contributed by atoms with Gasteiger partial charge in [-0.3, -0.25) is 4.90 Å². The van der Waals surface area contributed by atoms with Gasteiger partial charge in [-0.1, -0.05) is 46.3 Å². The number of benzene rings is 1. The molecule has 0 aromatic heterocycles. The highest BCUT2D eigenvalue weighted by atomic mass is 79.9. The SMILES string of the molecule is CC1COC(CBr)CN1CCc1ccccc1. The number of ether oxygens (including phenoxy) is 1. The summed E-state index contributed by atoms with van der Waals surface area (Å²) < 4.78 is 5.73. The molecule has 0 amide bonds. The van der Waals surface area contributed by atoms with Crippen LogP contribution in [-0.4, -0.2) is 42.1 Å². The fourth-order valence-electron chi connectivity index (χ4n) is 2.20. The molecule has 0 spiro atoms. The molecule has 17 heavy (non-hydrogen) atoms. The van der Waals surface area contributed by atoms with Crippen LogP contribution in [0.25, 0.3) is 0 Å². The van der Waals surface area contributed by atoms with Crippen molar-refractivity contribution in [2.75, 3.05) is 25.0 Å². The Morgan fingerprint density at radius 3 is 2.82 bits per heavy atom. The third-order valence-electron chi connectivity index (χ3n) is 3.34. The Morgan fingerprint density at radius 1 is 1.35 bits per heavy atom. The molecule has 0 saturated carbocycles. The second-order valence-corrected chi connectivity index (χ2v) is 5.34. The molecule has 0 radical (unpaired) electrons. The summed E-state index contributed by atoms with van der Waals surface area (Å²) in [4.78, 5) is 2.53. The summed E-state index contributed by atoms with van der Waals surface area (Å²) in [5.41, 5.74) is 1.42. The predicted molar refractivity (Wildman–Crippen MR) is 74.7 cm³/mol. The van der Waals surface area contributed by atoms with Crippen molar-refractivity contribution in [2.45, 2.75) is 25.5 Å². The van der Waals surface area contributed by atoms with E-state index >= 15 is 0 Å². The zero-order valence-corrected chi connectivity index (χ0v) is 11.9. The van der Waals surface area contributed by atoms with E-state index in [1.54, 1.807) is 0 Å². The highest BCUT2D eigenvalue weighted by molar-refractivity contribution is 9.09. The molecule has 1 saturated heterocycles. The molecule has 0 N–H and O–H groups in total. The van der Waals surface area contributed by atoms with Crippen LogP contribution < -0.4 is 0 Å². The van der Waals surface area contributed by atoms with Gasteiger partial charge >= 0.3 is 0 Å². The van der Waals surface area contributed by atoms with Gasteiger partial charge in [-0.2, -0.15) is 0 Å². The third kappa shape index (κ3) is 3.80. The lowest BCUT2D eigenvalue weighted by molar-refractivity contribution is -0.0460. The lowest BCUT2D eigenvalue weighted by Gasteiger charge is -2.37. The summed E-state index contributed by atoms with van der Waals surface area (Å²) in [7, 11) is 0. The van der Waals surface area contributed by atoms with E-state index in [2.05, 4.69) is 58.1 Å². The van der Waals surface area contributed by atoms with Gasteiger partial charge < -0.3 is 4.74 Å². The first-order valence-corrected chi connectivity index (χ1v) is 7.37. The minimum atomic E-state index is 0.349. The van der Waals surface area contributed by atoms with Crippen LogP contribution in [-0.2, 0) is 11.2 Å². The maximum Gasteiger partial charge on any atom is 0.0799 e. The van der Waals surface area contributed by atoms with E-state index in [-0.39, 0.29) is 0 Å². The molecule has 1 heterocycles. The van der Waals surface area contributed by atoms with Crippen LogP contribution in [0.3, 0.4) is 0 Å². The Bertz CT molecular complexity index is 330. The third-order valence-corrected chi connectivity index (χ3v) is 4.06. The Hall–Kier alpha value is -0.380. The van der Waals surface area contributed by atoms with Crippen LogP contribution in [0.5, 0.6) is 0 Å². The molecule has 0 bridgehead atoms. The Balaban J connectivity index is 1.85. The van der Waals surface area contributed by atoms with Crippen molar-refractivity contribution >= 4 is 15.9 Å². The molecule has 1 aromatic rings. The van der Waals surface area contributed by atoms with E-state index in [1.165, 1.54) is 5.56 Å². The minimum Gasteiger partial charge on any atom is -0.374 e. The van der Waals surface area contributed by atoms with E-state index < -0.39 is 0 Å². The molecule has 1 fully saturated rings. The summed E-state index contributed by atoms with van der Waals surface area (Å²) >= 11 is 3.50. The molecular weight excluding hydrogens is 278 g/mol. The van der Waals surface area contributed by atoms with Gasteiger partial charge in [0.25, 0.3) is 0 Å². The topological polar surface area (TPSA) is 12.5 Å². The number of hydrogen-bond donors (Lipinski definition) is 0. The summed E-state index contributed by atoms with van der Waals surface area (Å²) in [6.07, 6.45) is 1.47. The second-order valence-electron chi connectivity index (χ2n) is 4.69. The van der Waals surface area contributed by atoms with Crippen molar-refractivity contribution in [3.63, 3.8) is 0 Å². The van der Waals surface area contributed by atoms with Crippen LogP contribution in [0.4, 0.5) is 0 Å². The Labute approximate surface area is 112 Å². The van der Waals surface area contributed by atoms with E-state index in [0.717, 1.165) is 31.4 Å². The zero-order valence-electron chi connectivity index (χ0n) is 10.3. The van der Waals surface area contributed by atoms with Gasteiger partial charge in [0.15, 0.2) is 0 Å². The van der Waals surface area contributed by atoms with E-state index in [9.17, 15) is 0 Å². The molecule has 2 nitrogen and oxygen atoms in total. The first-order valence-electron chi connectivity index (χ1n) is 6.25. The molecule has 1 aliphatic rings. The number of nitrogens with zero attached hydrogens (tertiary/aromatic N) is 1. The van der Waals surface area contributed by atoms with Gasteiger partial charge in [-0.25, -0.2) is 0 Å². The number of rotatable bonds is 4. The fraction of sp³-hybridized carbons (Fsp3) is 0.571. The molecule has 0 aliphatic carbocycles. The minimum absolute atomic E-state index is 0.349. The van der Waals surface area contributed by atoms with Crippen molar-refractivity contribution in [1.82, 2.24) is 4.90 Å². The van der Waals surface area contributed by atoms with Gasteiger partial charge in [-0.15, -0.1) is 0 Å². The van der Waals surface area contributed by atoms with Crippen molar-refractivity contribution in [3.05, 3.63) is 35.9 Å². The van der Waals surface area contributed by atoms with Crippen LogP contribution >= 0.6 is 15.9 Å². The lowest BCUT2D eigenvalue weighted by atomic mass is 10.1. The Morgan fingerprint density at radius 2 is 2.12 bits per heavy atom. The normalized spacial score (nSPS) is 26.0. The van der Waals surface area contributed by atoms with E-state index in [0.29, 0.717) is 12.1 Å². The summed E-state index contributed by atoms with van der Waals surface area (Å²) in [5.74, 6) is 0. The first-order chi connectivity index (χ1) is 8.29. The fourth-order valence-corrected chi connectivity index (χ4v) is 2.59. The molecule has 3 heteroatoms. The van der Waals surface area contributed by atoms with Crippen molar-refractivity contribution in [1.29, 1.82) is 0 Å². The monoisotopic (exact) mass is 297 g/mol. The summed E-state index contributed by atoms with van der Waals surface area (Å²) in [5, 5.41) is 0.932. The Kier molecular flexibility index (Phi) is 5.01. The van der Waals surface area contributed by atoms with E-state index in [4.69, 9.17) is 4.74 Å². The molecular formula is C14H20BrNO. The van der Waals surface area contributed by atoms with Crippen LogP contribution in [0.15, 0.2) is 30.3 Å². The van der Waals surface area contributed by atoms with Crippen LogP contribution in [0.1, 0.15) is 12.5 Å². The standard InChI is InChI=1S/C14H20BrNO/c1-12-11-17-14(9-15)10-16(12)8-7-13-5-3-2-4-6-13/h2-6,12,14H,7-11H2,1H3. The molecule has 2 atom stereocenters. The molecule has 94 valence electrons. The molecule has 2 rings (SSSR count). The number of alkyl halides is 1. The highest BCUT2D eigenvalue weighted by Gasteiger charge is 2.24. The van der Waals surface area contributed by atoms with E-state index in [1.807, 2.05) is 0 Å². The highest BCUT2D eigenvalue weighted by Crippen LogP contribution is 2.14. The van der Waals surface area contributed by atoms with Gasteiger partial charge in [-0.05, 0) is 18.9 Å². The van der Waals surface area contributed by atoms with Gasteiger partial charge in [0.2, 0.25) is 0 Å². The van der Waals surface area contributed by atoms with Gasteiger partial charge in [0.1, 0.15) is 0 Å². The molecule has 1 aliphatic heterocycles. The van der Waals surface area contributed by atoms with Crippen molar-refractivity contribution < 1.29 is 4.74 Å². The number of morpholine rings is 1. The van der Waals surface area contributed by atoms with Crippen molar-refractivity contribution in [3.8, 4) is 0 Å². The lowest BCUT2D eigenvalue weighted by Crippen LogP contribution is -2.49. The second kappa shape index (κ2) is 6.53. The number of hydrogen-bond acceptors (Lipinski definition) is 2. The van der Waals surface area contributed by atoms with Crippen molar-refractivity contribution in [2.24, 2.45) is 0 Å². The average molecular weight is 298 g/mol. The quantitative estimate of drug-likeness (QED) is 0.793. The van der Waals surface area contributed by atoms with Crippen LogP contribution in [0.2, 0.25) is 0 Å². The maximum absolute atomic E-state index is 5.73. The summed E-state index contributed by atoms with van der Waals surface area (Å²) in [6, 6.07) is 11.2. The smallest absolute Gasteiger partial charge is 0.0799 e. The molecule has 1 aromatic carbocycles. The zero-order chi connectivity index (χ0) is 12.1. The van der Waals surface area contributed by atoms with Gasteiger partial charge in [0, 0.05) is 24.5 Å². The maximum atomic E-state index is 5.73. The predicted octanol–water partition coefficient (Wildman–Crippen LogP) is 2.71. The summed E-state index contributed by atoms with van der Waals surface area (Å²) in [6.45, 7) is 5.26. The van der Waals surface area contributed by atoms with Crippen LogP contribution in [0, 0.1) is 0 Å². The molecule has 2 unspecified atom stereocenters. The first kappa shape index (κ1) is 13.1.